The molecule has 4 heteroatoms. The Bertz CT molecular complexity index is 1200. The molecule has 27 heavy (non-hydrogen) atoms. The molecule has 4 rings (SSSR count). The average molecular weight is 356 g/mol. The summed E-state index contributed by atoms with van der Waals surface area (Å²) in [6.07, 6.45) is 3.46. The molecule has 2 N–H and O–H groups in total. The fourth-order valence-electron chi connectivity index (χ4n) is 3.00. The number of phenols is 2. The van der Waals surface area contributed by atoms with Crippen LogP contribution in [0.4, 0.5) is 0 Å². The second kappa shape index (κ2) is 6.84. The first kappa shape index (κ1) is 16.7. The van der Waals surface area contributed by atoms with Gasteiger partial charge in [-0.2, -0.15) is 0 Å². The highest BCUT2D eigenvalue weighted by Crippen LogP contribution is 2.28. The molecule has 3 aromatic carbocycles. The van der Waals surface area contributed by atoms with E-state index in [1.807, 2.05) is 36.4 Å². The molecule has 0 aliphatic rings. The first-order chi connectivity index (χ1) is 13.1. The minimum Gasteiger partial charge on any atom is -0.508 e. The number of hydrogen-bond acceptors (Lipinski definition) is 4. The summed E-state index contributed by atoms with van der Waals surface area (Å²) in [6, 6.07) is 20.5. The second-order valence-electron chi connectivity index (χ2n) is 6.15. The lowest BCUT2D eigenvalue weighted by molar-refractivity contribution is 0.473. The largest absolute Gasteiger partial charge is 0.508 e. The van der Waals surface area contributed by atoms with E-state index in [1.165, 1.54) is 12.1 Å². The van der Waals surface area contributed by atoms with Crippen molar-refractivity contribution in [3.8, 4) is 22.6 Å². The van der Waals surface area contributed by atoms with E-state index in [0.29, 0.717) is 22.3 Å². The van der Waals surface area contributed by atoms with Crippen molar-refractivity contribution in [3.05, 3.63) is 94.3 Å². The van der Waals surface area contributed by atoms with Crippen molar-refractivity contribution in [3.63, 3.8) is 0 Å². The SMILES string of the molecule is O=c1c(-c2ccccc2)c(/C=C/c2cccc(O)c2)oc2cc(O)ccc12. The standard InChI is InChI=1S/C23H16O4/c24-17-8-4-5-15(13-17)9-12-20-22(16-6-2-1-3-7-16)23(26)19-11-10-18(25)14-21(19)27-20/h1-14,24-25H/b12-9+. The molecule has 4 nitrogen and oxygen atoms in total. The van der Waals surface area contributed by atoms with E-state index in [-0.39, 0.29) is 16.9 Å². The molecule has 1 aromatic heterocycles. The van der Waals surface area contributed by atoms with Crippen LogP contribution >= 0.6 is 0 Å². The normalized spacial score (nSPS) is 11.3. The molecule has 0 radical (unpaired) electrons. The summed E-state index contributed by atoms with van der Waals surface area (Å²) in [4.78, 5) is 13.1. The van der Waals surface area contributed by atoms with Gasteiger partial charge in [-0.25, -0.2) is 0 Å². The van der Waals surface area contributed by atoms with E-state index >= 15 is 0 Å². The monoisotopic (exact) mass is 356 g/mol. The topological polar surface area (TPSA) is 70.7 Å². The molecule has 0 saturated carbocycles. The lowest BCUT2D eigenvalue weighted by Crippen LogP contribution is -2.07. The van der Waals surface area contributed by atoms with Crippen molar-refractivity contribution in [2.75, 3.05) is 0 Å². The molecular weight excluding hydrogens is 340 g/mol. The Morgan fingerprint density at radius 1 is 0.778 bits per heavy atom. The van der Waals surface area contributed by atoms with E-state index in [9.17, 15) is 15.0 Å². The van der Waals surface area contributed by atoms with Gasteiger partial charge in [-0.15, -0.1) is 0 Å². The van der Waals surface area contributed by atoms with Gasteiger partial charge in [0.25, 0.3) is 0 Å². The van der Waals surface area contributed by atoms with Gasteiger partial charge in [0.2, 0.25) is 5.43 Å². The van der Waals surface area contributed by atoms with Crippen LogP contribution < -0.4 is 5.43 Å². The number of rotatable bonds is 3. The Kier molecular flexibility index (Phi) is 4.22. The van der Waals surface area contributed by atoms with Gasteiger partial charge in [-0.05, 0) is 41.5 Å². The van der Waals surface area contributed by atoms with Gasteiger partial charge in [0.05, 0.1) is 10.9 Å². The Balaban J connectivity index is 1.95. The highest BCUT2D eigenvalue weighted by atomic mass is 16.3. The van der Waals surface area contributed by atoms with Gasteiger partial charge in [0, 0.05) is 6.07 Å². The number of phenolic OH excluding ortho intramolecular Hbond substituents is 2. The zero-order valence-electron chi connectivity index (χ0n) is 14.3. The first-order valence-electron chi connectivity index (χ1n) is 8.44. The maximum atomic E-state index is 13.1. The lowest BCUT2D eigenvalue weighted by Gasteiger charge is -2.08. The Morgan fingerprint density at radius 3 is 2.33 bits per heavy atom. The van der Waals surface area contributed by atoms with Crippen molar-refractivity contribution in [1.29, 1.82) is 0 Å². The summed E-state index contributed by atoms with van der Waals surface area (Å²) >= 11 is 0. The minimum atomic E-state index is -0.169. The van der Waals surface area contributed by atoms with E-state index in [4.69, 9.17) is 4.42 Å². The van der Waals surface area contributed by atoms with Crippen molar-refractivity contribution >= 4 is 23.1 Å². The van der Waals surface area contributed by atoms with Gasteiger partial charge < -0.3 is 14.6 Å². The maximum Gasteiger partial charge on any atom is 0.201 e. The maximum absolute atomic E-state index is 13.1. The number of benzene rings is 3. The number of fused-ring (bicyclic) bond motifs is 1. The van der Waals surface area contributed by atoms with Crippen LogP contribution in [0.2, 0.25) is 0 Å². The Morgan fingerprint density at radius 2 is 1.56 bits per heavy atom. The first-order valence-corrected chi connectivity index (χ1v) is 8.44. The van der Waals surface area contributed by atoms with Crippen LogP contribution in [0.15, 0.2) is 82.0 Å². The van der Waals surface area contributed by atoms with Crippen molar-refractivity contribution in [1.82, 2.24) is 0 Å². The Hall–Kier alpha value is -3.79. The zero-order valence-corrected chi connectivity index (χ0v) is 14.3. The van der Waals surface area contributed by atoms with E-state index in [0.717, 1.165) is 11.1 Å². The zero-order chi connectivity index (χ0) is 18.8. The highest BCUT2D eigenvalue weighted by molar-refractivity contribution is 5.87. The molecule has 0 bridgehead atoms. The van der Waals surface area contributed by atoms with Gasteiger partial charge in [0.15, 0.2) is 0 Å². The van der Waals surface area contributed by atoms with Gasteiger partial charge >= 0.3 is 0 Å². The van der Waals surface area contributed by atoms with Crippen molar-refractivity contribution < 1.29 is 14.6 Å². The molecule has 132 valence electrons. The molecular formula is C23H16O4. The second-order valence-corrected chi connectivity index (χ2v) is 6.15. The van der Waals surface area contributed by atoms with E-state index in [1.54, 1.807) is 36.4 Å². The summed E-state index contributed by atoms with van der Waals surface area (Å²) in [6.45, 7) is 0. The third-order valence-corrected chi connectivity index (χ3v) is 4.26. The van der Waals surface area contributed by atoms with Crippen LogP contribution in [-0.2, 0) is 0 Å². The molecule has 4 aromatic rings. The molecule has 0 fully saturated rings. The summed E-state index contributed by atoms with van der Waals surface area (Å²) in [7, 11) is 0. The molecule has 0 aliphatic carbocycles. The smallest absolute Gasteiger partial charge is 0.201 e. The van der Waals surface area contributed by atoms with Gasteiger partial charge in [-0.1, -0.05) is 48.5 Å². The molecule has 0 spiro atoms. The van der Waals surface area contributed by atoms with Crippen LogP contribution in [0.25, 0.3) is 34.2 Å². The molecule has 0 unspecified atom stereocenters. The van der Waals surface area contributed by atoms with Gasteiger partial charge in [-0.3, -0.25) is 4.79 Å². The van der Waals surface area contributed by atoms with Crippen molar-refractivity contribution in [2.45, 2.75) is 0 Å². The fourth-order valence-corrected chi connectivity index (χ4v) is 3.00. The van der Waals surface area contributed by atoms with Crippen LogP contribution in [0, 0.1) is 0 Å². The minimum absolute atomic E-state index is 0.0287. The van der Waals surface area contributed by atoms with Gasteiger partial charge in [0.1, 0.15) is 22.8 Å². The summed E-state index contributed by atoms with van der Waals surface area (Å²) in [5.41, 5.74) is 2.11. The molecule has 0 saturated heterocycles. The molecule has 1 heterocycles. The van der Waals surface area contributed by atoms with Crippen LogP contribution in [-0.4, -0.2) is 10.2 Å². The van der Waals surface area contributed by atoms with E-state index in [2.05, 4.69) is 0 Å². The third kappa shape index (κ3) is 3.33. The number of hydrogen-bond donors (Lipinski definition) is 2. The van der Waals surface area contributed by atoms with Crippen LogP contribution in [0.5, 0.6) is 11.5 Å². The third-order valence-electron chi connectivity index (χ3n) is 4.26. The Labute approximate surface area is 155 Å². The number of aromatic hydroxyl groups is 2. The van der Waals surface area contributed by atoms with Crippen LogP contribution in [0.3, 0.4) is 0 Å². The van der Waals surface area contributed by atoms with Crippen molar-refractivity contribution in [2.24, 2.45) is 0 Å². The van der Waals surface area contributed by atoms with E-state index < -0.39 is 0 Å². The predicted molar refractivity (Wildman–Crippen MR) is 107 cm³/mol. The fraction of sp³-hybridized carbons (Fsp3) is 0. The summed E-state index contributed by atoms with van der Waals surface area (Å²) in [5, 5.41) is 19.8. The predicted octanol–water partition coefficient (Wildman–Crippen LogP) is 5.04. The summed E-state index contributed by atoms with van der Waals surface area (Å²) in [5.74, 6) is 0.569. The van der Waals surface area contributed by atoms with Crippen LogP contribution in [0.1, 0.15) is 11.3 Å². The molecule has 0 amide bonds. The average Bonchev–Trinajstić information content (AvgIpc) is 2.67. The molecule has 0 aliphatic heterocycles. The molecule has 0 atom stereocenters. The highest BCUT2D eigenvalue weighted by Gasteiger charge is 2.15. The lowest BCUT2D eigenvalue weighted by atomic mass is 10.0. The summed E-state index contributed by atoms with van der Waals surface area (Å²) < 4.78 is 5.95. The quantitative estimate of drug-likeness (QED) is 0.539.